The van der Waals surface area contributed by atoms with E-state index in [1.165, 1.54) is 5.56 Å². The Balaban J connectivity index is 2.28. The molecule has 4 heteroatoms. The van der Waals surface area contributed by atoms with Crippen LogP contribution in [-0.2, 0) is 13.1 Å². The van der Waals surface area contributed by atoms with Gasteiger partial charge in [-0.25, -0.2) is 0 Å². The van der Waals surface area contributed by atoms with E-state index >= 15 is 0 Å². The van der Waals surface area contributed by atoms with Crippen LogP contribution in [0.1, 0.15) is 18.2 Å². The molecule has 3 nitrogen and oxygen atoms in total. The third-order valence-corrected chi connectivity index (χ3v) is 3.30. The van der Waals surface area contributed by atoms with E-state index in [4.69, 9.17) is 16.0 Å². The van der Waals surface area contributed by atoms with Gasteiger partial charge in [-0.15, -0.1) is 0 Å². The Labute approximate surface area is 119 Å². The molecule has 102 valence electrons. The molecule has 0 aliphatic rings. The highest BCUT2D eigenvalue weighted by atomic mass is 35.5. The molecule has 0 atom stereocenters. The van der Waals surface area contributed by atoms with Crippen molar-refractivity contribution < 1.29 is 4.42 Å². The van der Waals surface area contributed by atoms with Crippen LogP contribution in [0.15, 0.2) is 41.0 Å². The molecule has 0 saturated heterocycles. The van der Waals surface area contributed by atoms with Gasteiger partial charge in [0.2, 0.25) is 0 Å². The molecule has 0 radical (unpaired) electrons. The molecule has 0 aliphatic carbocycles. The zero-order chi connectivity index (χ0) is 13.7. The first-order chi connectivity index (χ1) is 9.24. The first-order valence-corrected chi connectivity index (χ1v) is 6.82. The predicted molar refractivity (Wildman–Crippen MR) is 79.6 cm³/mol. The number of furan rings is 1. The maximum atomic E-state index is 6.13. The van der Waals surface area contributed by atoms with E-state index in [0.29, 0.717) is 0 Å². The lowest BCUT2D eigenvalue weighted by atomic mass is 10.1. The summed E-state index contributed by atoms with van der Waals surface area (Å²) in [6.45, 7) is 4.60. The Morgan fingerprint density at radius 3 is 2.79 bits per heavy atom. The molecule has 1 heterocycles. The summed E-state index contributed by atoms with van der Waals surface area (Å²) in [5, 5.41) is 3.95. The molecular weight excluding hydrogens is 260 g/mol. The third kappa shape index (κ3) is 3.52. The van der Waals surface area contributed by atoms with E-state index < -0.39 is 0 Å². The Bertz CT molecular complexity index is 511. The molecular formula is C15H19ClN2O. The number of anilines is 1. The average molecular weight is 279 g/mol. The van der Waals surface area contributed by atoms with Crippen molar-refractivity contribution in [2.75, 3.05) is 18.5 Å². The van der Waals surface area contributed by atoms with Gasteiger partial charge in [-0.05, 0) is 43.8 Å². The lowest BCUT2D eigenvalue weighted by molar-refractivity contribution is 0.503. The smallest absolute Gasteiger partial charge is 0.123 e. The van der Waals surface area contributed by atoms with Crippen molar-refractivity contribution >= 4 is 17.3 Å². The summed E-state index contributed by atoms with van der Waals surface area (Å²) in [7, 11) is 1.95. The summed E-state index contributed by atoms with van der Waals surface area (Å²) in [6, 6.07) is 9.92. The lowest BCUT2D eigenvalue weighted by Gasteiger charge is -2.25. The van der Waals surface area contributed by atoms with Crippen LogP contribution in [0.25, 0.3) is 0 Å². The molecule has 0 spiro atoms. The zero-order valence-corrected chi connectivity index (χ0v) is 12.1. The molecule has 19 heavy (non-hydrogen) atoms. The van der Waals surface area contributed by atoms with Crippen molar-refractivity contribution in [1.82, 2.24) is 5.32 Å². The Kier molecular flexibility index (Phi) is 4.88. The number of nitrogens with zero attached hydrogens (tertiary/aromatic N) is 1. The number of halogens is 1. The van der Waals surface area contributed by atoms with Gasteiger partial charge >= 0.3 is 0 Å². The highest BCUT2D eigenvalue weighted by Crippen LogP contribution is 2.26. The summed E-state index contributed by atoms with van der Waals surface area (Å²) in [6.07, 6.45) is 1.70. The molecule has 0 amide bonds. The fourth-order valence-electron chi connectivity index (χ4n) is 2.13. The van der Waals surface area contributed by atoms with Crippen molar-refractivity contribution in [2.45, 2.75) is 20.0 Å². The zero-order valence-electron chi connectivity index (χ0n) is 11.3. The van der Waals surface area contributed by atoms with Gasteiger partial charge in [-0.3, -0.25) is 0 Å². The van der Waals surface area contributed by atoms with E-state index in [9.17, 15) is 0 Å². The van der Waals surface area contributed by atoms with Crippen LogP contribution in [0.4, 0.5) is 5.69 Å². The Hall–Kier alpha value is -1.45. The number of hydrogen-bond donors (Lipinski definition) is 1. The van der Waals surface area contributed by atoms with Gasteiger partial charge < -0.3 is 14.6 Å². The van der Waals surface area contributed by atoms with Gasteiger partial charge in [-0.1, -0.05) is 17.7 Å². The molecule has 0 fully saturated rings. The second-order valence-corrected chi connectivity index (χ2v) is 4.83. The van der Waals surface area contributed by atoms with Gasteiger partial charge in [0, 0.05) is 23.8 Å². The molecule has 0 aliphatic heterocycles. The summed E-state index contributed by atoms with van der Waals surface area (Å²) >= 11 is 6.13. The van der Waals surface area contributed by atoms with Crippen LogP contribution in [0.3, 0.4) is 0 Å². The highest BCUT2D eigenvalue weighted by Gasteiger charge is 2.12. The monoisotopic (exact) mass is 278 g/mol. The molecule has 1 aromatic carbocycles. The SMILES string of the molecule is CCN(Cc1ccco1)c1cc(Cl)ccc1CNC. The van der Waals surface area contributed by atoms with Crippen molar-refractivity contribution in [1.29, 1.82) is 0 Å². The number of nitrogens with one attached hydrogen (secondary N) is 1. The second-order valence-electron chi connectivity index (χ2n) is 4.40. The van der Waals surface area contributed by atoms with Gasteiger partial charge in [0.05, 0.1) is 12.8 Å². The third-order valence-electron chi connectivity index (χ3n) is 3.06. The minimum Gasteiger partial charge on any atom is -0.467 e. The first kappa shape index (κ1) is 14.0. The standard InChI is InChI=1S/C15H19ClN2O/c1-3-18(11-14-5-4-8-19-14)15-9-13(16)7-6-12(15)10-17-2/h4-9,17H,3,10-11H2,1-2H3. The Morgan fingerprint density at radius 2 is 2.16 bits per heavy atom. The van der Waals surface area contributed by atoms with Crippen molar-refractivity contribution in [3.8, 4) is 0 Å². The topological polar surface area (TPSA) is 28.4 Å². The van der Waals surface area contributed by atoms with E-state index in [2.05, 4.69) is 23.2 Å². The van der Waals surface area contributed by atoms with Gasteiger partial charge in [-0.2, -0.15) is 0 Å². The minimum absolute atomic E-state index is 0.751. The molecule has 0 unspecified atom stereocenters. The van der Waals surface area contributed by atoms with E-state index in [1.807, 2.05) is 31.3 Å². The van der Waals surface area contributed by atoms with Gasteiger partial charge in [0.1, 0.15) is 5.76 Å². The van der Waals surface area contributed by atoms with E-state index in [1.54, 1.807) is 6.26 Å². The highest BCUT2D eigenvalue weighted by molar-refractivity contribution is 6.30. The first-order valence-electron chi connectivity index (χ1n) is 6.45. The molecule has 1 N–H and O–H groups in total. The van der Waals surface area contributed by atoms with Gasteiger partial charge in [0.15, 0.2) is 0 Å². The normalized spacial score (nSPS) is 10.7. The molecule has 2 aromatic rings. The van der Waals surface area contributed by atoms with Crippen molar-refractivity contribution in [3.05, 3.63) is 52.9 Å². The second kappa shape index (κ2) is 6.64. The summed E-state index contributed by atoms with van der Waals surface area (Å²) in [5.74, 6) is 0.956. The summed E-state index contributed by atoms with van der Waals surface area (Å²) in [5.41, 5.74) is 2.39. The lowest BCUT2D eigenvalue weighted by Crippen LogP contribution is -2.24. The van der Waals surface area contributed by atoms with Crippen molar-refractivity contribution in [3.63, 3.8) is 0 Å². The van der Waals surface area contributed by atoms with Gasteiger partial charge in [0.25, 0.3) is 0 Å². The average Bonchev–Trinajstić information content (AvgIpc) is 2.91. The van der Waals surface area contributed by atoms with E-state index in [0.717, 1.165) is 36.1 Å². The largest absolute Gasteiger partial charge is 0.467 e. The van der Waals surface area contributed by atoms with Crippen LogP contribution >= 0.6 is 11.6 Å². The quantitative estimate of drug-likeness (QED) is 0.874. The number of benzene rings is 1. The van der Waals surface area contributed by atoms with Crippen molar-refractivity contribution in [2.24, 2.45) is 0 Å². The fourth-order valence-corrected chi connectivity index (χ4v) is 2.30. The van der Waals surface area contributed by atoms with Crippen LogP contribution in [0.2, 0.25) is 5.02 Å². The maximum absolute atomic E-state index is 6.13. The van der Waals surface area contributed by atoms with Crippen LogP contribution in [-0.4, -0.2) is 13.6 Å². The molecule has 0 bridgehead atoms. The molecule has 1 aromatic heterocycles. The van der Waals surface area contributed by atoms with E-state index in [-0.39, 0.29) is 0 Å². The van der Waals surface area contributed by atoms with Crippen LogP contribution < -0.4 is 10.2 Å². The molecule has 2 rings (SSSR count). The fraction of sp³-hybridized carbons (Fsp3) is 0.333. The number of rotatable bonds is 6. The van der Waals surface area contributed by atoms with Crippen LogP contribution in [0.5, 0.6) is 0 Å². The molecule has 0 saturated carbocycles. The summed E-state index contributed by atoms with van der Waals surface area (Å²) < 4.78 is 5.43. The number of hydrogen-bond acceptors (Lipinski definition) is 3. The predicted octanol–water partition coefficient (Wildman–Crippen LogP) is 3.68. The minimum atomic E-state index is 0.751. The Morgan fingerprint density at radius 1 is 1.32 bits per heavy atom. The maximum Gasteiger partial charge on any atom is 0.123 e. The van der Waals surface area contributed by atoms with Crippen LogP contribution in [0, 0.1) is 0 Å². The summed E-state index contributed by atoms with van der Waals surface area (Å²) in [4.78, 5) is 2.26.